The third kappa shape index (κ3) is 2.32. The van der Waals surface area contributed by atoms with Gasteiger partial charge in [-0.05, 0) is 18.9 Å². The molecule has 2 aromatic heterocycles. The number of nitrogens with one attached hydrogen (secondary N) is 1. The van der Waals surface area contributed by atoms with E-state index in [-0.39, 0.29) is 17.7 Å². The number of aromatic carboxylic acids is 1. The summed E-state index contributed by atoms with van der Waals surface area (Å²) in [5.74, 6) is -0.492. The van der Waals surface area contributed by atoms with Crippen LogP contribution in [0.5, 0.6) is 0 Å². The fourth-order valence-corrected chi connectivity index (χ4v) is 2.57. The summed E-state index contributed by atoms with van der Waals surface area (Å²) < 4.78 is 1.42. The van der Waals surface area contributed by atoms with Crippen LogP contribution in [0.3, 0.4) is 0 Å². The van der Waals surface area contributed by atoms with Crippen LogP contribution in [0.2, 0.25) is 0 Å². The Kier molecular flexibility index (Phi) is 3.27. The van der Waals surface area contributed by atoms with Crippen molar-refractivity contribution < 1.29 is 15.0 Å². The number of rotatable bonds is 3. The highest BCUT2D eigenvalue weighted by Gasteiger charge is 2.23. The number of aliphatic hydroxyl groups is 1. The molecule has 106 valence electrons. The molecule has 0 bridgehead atoms. The van der Waals surface area contributed by atoms with Gasteiger partial charge in [0.25, 0.3) is 0 Å². The average Bonchev–Trinajstić information content (AvgIpc) is 2.84. The highest BCUT2D eigenvalue weighted by Crippen LogP contribution is 2.22. The molecule has 1 aliphatic rings. The Morgan fingerprint density at radius 1 is 1.40 bits per heavy atom. The van der Waals surface area contributed by atoms with Gasteiger partial charge in [0.05, 0.1) is 18.3 Å². The second kappa shape index (κ2) is 5.09. The van der Waals surface area contributed by atoms with Gasteiger partial charge in [0.15, 0.2) is 5.65 Å². The lowest BCUT2D eigenvalue weighted by Gasteiger charge is -2.28. The molecule has 1 aliphatic carbocycles. The monoisotopic (exact) mass is 276 g/mol. The first-order valence-electron chi connectivity index (χ1n) is 6.67. The third-order valence-electron chi connectivity index (χ3n) is 3.66. The summed E-state index contributed by atoms with van der Waals surface area (Å²) in [6.07, 6.45) is 6.34. The standard InChI is InChI=1S/C13H16N4O3/c18-10-4-2-1-3-9(10)15-11-5-6-17-12(16-11)8(7-14-17)13(19)20/h5-7,9-10,18H,1-4H2,(H,15,16)(H,19,20)/t9-,10+/m0/s1. The highest BCUT2D eigenvalue weighted by atomic mass is 16.4. The molecule has 2 aromatic rings. The molecule has 0 aliphatic heterocycles. The lowest BCUT2D eigenvalue weighted by Crippen LogP contribution is -2.36. The van der Waals surface area contributed by atoms with Gasteiger partial charge in [0.1, 0.15) is 11.4 Å². The molecule has 20 heavy (non-hydrogen) atoms. The Bertz CT molecular complexity index is 640. The zero-order valence-corrected chi connectivity index (χ0v) is 10.9. The van der Waals surface area contributed by atoms with Crippen molar-refractivity contribution in [3.05, 3.63) is 24.0 Å². The van der Waals surface area contributed by atoms with E-state index in [2.05, 4.69) is 15.4 Å². The molecule has 0 unspecified atom stereocenters. The molecule has 1 fully saturated rings. The van der Waals surface area contributed by atoms with Crippen molar-refractivity contribution in [2.45, 2.75) is 37.8 Å². The van der Waals surface area contributed by atoms with Crippen molar-refractivity contribution in [1.82, 2.24) is 14.6 Å². The number of nitrogens with zero attached hydrogens (tertiary/aromatic N) is 3. The minimum absolute atomic E-state index is 0.0325. The van der Waals surface area contributed by atoms with Crippen molar-refractivity contribution in [2.75, 3.05) is 5.32 Å². The van der Waals surface area contributed by atoms with E-state index in [1.54, 1.807) is 12.3 Å². The molecule has 7 heteroatoms. The molecule has 2 atom stereocenters. The van der Waals surface area contributed by atoms with Gasteiger partial charge in [-0.1, -0.05) is 12.8 Å². The number of aromatic nitrogens is 3. The fourth-order valence-electron chi connectivity index (χ4n) is 2.57. The molecule has 0 saturated heterocycles. The van der Waals surface area contributed by atoms with Crippen LogP contribution >= 0.6 is 0 Å². The average molecular weight is 276 g/mol. The van der Waals surface area contributed by atoms with Crippen LogP contribution in [0.4, 0.5) is 5.82 Å². The van der Waals surface area contributed by atoms with Crippen LogP contribution in [-0.2, 0) is 0 Å². The van der Waals surface area contributed by atoms with E-state index in [0.29, 0.717) is 11.5 Å². The van der Waals surface area contributed by atoms with Gasteiger partial charge >= 0.3 is 5.97 Å². The van der Waals surface area contributed by atoms with Gasteiger partial charge in [0, 0.05) is 6.20 Å². The normalized spacial score (nSPS) is 22.9. The van der Waals surface area contributed by atoms with E-state index in [0.717, 1.165) is 25.7 Å². The van der Waals surface area contributed by atoms with Crippen LogP contribution in [0.15, 0.2) is 18.5 Å². The topological polar surface area (TPSA) is 99.8 Å². The Morgan fingerprint density at radius 2 is 2.20 bits per heavy atom. The first-order chi connectivity index (χ1) is 9.65. The maximum atomic E-state index is 11.1. The number of fused-ring (bicyclic) bond motifs is 1. The van der Waals surface area contributed by atoms with E-state index in [1.165, 1.54) is 10.7 Å². The first-order valence-corrected chi connectivity index (χ1v) is 6.67. The van der Waals surface area contributed by atoms with Gasteiger partial charge in [-0.3, -0.25) is 0 Å². The first kappa shape index (κ1) is 12.9. The van der Waals surface area contributed by atoms with Crippen LogP contribution in [0, 0.1) is 0 Å². The van der Waals surface area contributed by atoms with Gasteiger partial charge in [-0.15, -0.1) is 0 Å². The summed E-state index contributed by atoms with van der Waals surface area (Å²) >= 11 is 0. The van der Waals surface area contributed by atoms with Crippen LogP contribution in [0.1, 0.15) is 36.0 Å². The van der Waals surface area contributed by atoms with Crippen LogP contribution in [-0.4, -0.2) is 42.9 Å². The molecule has 0 radical (unpaired) electrons. The molecule has 3 rings (SSSR count). The summed E-state index contributed by atoms with van der Waals surface area (Å²) in [5, 5.41) is 26.1. The Labute approximate surface area is 115 Å². The van der Waals surface area contributed by atoms with Crippen LogP contribution in [0.25, 0.3) is 5.65 Å². The van der Waals surface area contributed by atoms with Crippen molar-refractivity contribution in [3.63, 3.8) is 0 Å². The molecule has 0 amide bonds. The van der Waals surface area contributed by atoms with Crippen LogP contribution < -0.4 is 5.32 Å². The third-order valence-corrected chi connectivity index (χ3v) is 3.66. The van der Waals surface area contributed by atoms with E-state index >= 15 is 0 Å². The number of hydrogen-bond donors (Lipinski definition) is 3. The second-order valence-corrected chi connectivity index (χ2v) is 5.05. The molecule has 1 saturated carbocycles. The summed E-state index contributed by atoms with van der Waals surface area (Å²) in [4.78, 5) is 15.4. The molecule has 2 heterocycles. The Morgan fingerprint density at radius 3 is 2.95 bits per heavy atom. The number of hydrogen-bond acceptors (Lipinski definition) is 5. The van der Waals surface area contributed by atoms with E-state index in [9.17, 15) is 9.90 Å². The number of anilines is 1. The minimum Gasteiger partial charge on any atom is -0.477 e. The van der Waals surface area contributed by atoms with Crippen molar-refractivity contribution in [1.29, 1.82) is 0 Å². The molecule has 3 N–H and O–H groups in total. The smallest absolute Gasteiger partial charge is 0.341 e. The summed E-state index contributed by atoms with van der Waals surface area (Å²) in [6, 6.07) is 1.70. The number of carbonyl (C=O) groups is 1. The Hall–Kier alpha value is -2.15. The summed E-state index contributed by atoms with van der Waals surface area (Å²) in [5.41, 5.74) is 0.366. The molecule has 7 nitrogen and oxygen atoms in total. The molecule has 0 spiro atoms. The summed E-state index contributed by atoms with van der Waals surface area (Å²) in [6.45, 7) is 0. The number of carboxylic acid groups (broad SMARTS) is 1. The van der Waals surface area contributed by atoms with Crippen molar-refractivity contribution >= 4 is 17.4 Å². The maximum Gasteiger partial charge on any atom is 0.341 e. The lowest BCUT2D eigenvalue weighted by molar-refractivity contribution is 0.0698. The van der Waals surface area contributed by atoms with E-state index < -0.39 is 5.97 Å². The second-order valence-electron chi connectivity index (χ2n) is 5.05. The number of aliphatic hydroxyl groups excluding tert-OH is 1. The van der Waals surface area contributed by atoms with E-state index in [1.807, 2.05) is 0 Å². The number of carboxylic acids is 1. The highest BCUT2D eigenvalue weighted by molar-refractivity contribution is 5.94. The fraction of sp³-hybridized carbons (Fsp3) is 0.462. The van der Waals surface area contributed by atoms with Crippen molar-refractivity contribution in [3.8, 4) is 0 Å². The zero-order chi connectivity index (χ0) is 14.1. The molecular formula is C13H16N4O3. The Balaban J connectivity index is 1.88. The largest absolute Gasteiger partial charge is 0.477 e. The minimum atomic E-state index is -1.05. The predicted octanol–water partition coefficient (Wildman–Crippen LogP) is 1.14. The van der Waals surface area contributed by atoms with E-state index in [4.69, 9.17) is 5.11 Å². The maximum absolute atomic E-state index is 11.1. The van der Waals surface area contributed by atoms with Gasteiger partial charge in [0.2, 0.25) is 0 Å². The molecule has 0 aromatic carbocycles. The quantitative estimate of drug-likeness (QED) is 0.777. The predicted molar refractivity (Wildman–Crippen MR) is 71.8 cm³/mol. The SMILES string of the molecule is O=C(O)c1cnn2ccc(N[C@H]3CCCC[C@H]3O)nc12. The van der Waals surface area contributed by atoms with Gasteiger partial charge in [-0.2, -0.15) is 5.10 Å². The van der Waals surface area contributed by atoms with Gasteiger partial charge in [-0.25, -0.2) is 14.3 Å². The summed E-state index contributed by atoms with van der Waals surface area (Å²) in [7, 11) is 0. The zero-order valence-electron chi connectivity index (χ0n) is 10.9. The molecular weight excluding hydrogens is 260 g/mol. The van der Waals surface area contributed by atoms with Crippen molar-refractivity contribution in [2.24, 2.45) is 0 Å². The lowest BCUT2D eigenvalue weighted by atomic mass is 9.93. The van der Waals surface area contributed by atoms with Gasteiger partial charge < -0.3 is 15.5 Å².